The van der Waals surface area contributed by atoms with Gasteiger partial charge in [0, 0.05) is 24.6 Å². The van der Waals surface area contributed by atoms with E-state index in [0.717, 1.165) is 12.8 Å². The SMILES string of the molecule is Cc1cccc(C)c1CCCNC(=O)C1=NN=C2CC=C([N+](=O)[O-])C=C21. The van der Waals surface area contributed by atoms with Crippen molar-refractivity contribution in [1.82, 2.24) is 5.32 Å². The van der Waals surface area contributed by atoms with Gasteiger partial charge in [0.15, 0.2) is 5.71 Å². The minimum Gasteiger partial charge on any atom is -0.351 e. The number of carbonyl (C=O) groups excluding carboxylic acids is 1. The van der Waals surface area contributed by atoms with E-state index in [2.05, 4.69) is 41.5 Å². The molecule has 0 unspecified atom stereocenters. The number of allylic oxidation sites excluding steroid dienone is 2. The smallest absolute Gasteiger partial charge is 0.272 e. The minimum atomic E-state index is -0.470. The van der Waals surface area contributed by atoms with E-state index in [-0.39, 0.29) is 17.3 Å². The van der Waals surface area contributed by atoms with Gasteiger partial charge in [0.1, 0.15) is 0 Å². The standard InChI is InChI=1S/C19H20N4O3/c1-12-5-3-6-13(2)15(12)7-4-10-20-19(24)18-16-11-14(23(25)26)8-9-17(16)21-22-18/h3,5-6,8,11H,4,7,9-10H2,1-2H3,(H,20,24). The quantitative estimate of drug-likeness (QED) is 0.484. The van der Waals surface area contributed by atoms with Crippen molar-refractivity contribution < 1.29 is 9.72 Å². The molecule has 1 aliphatic heterocycles. The van der Waals surface area contributed by atoms with Gasteiger partial charge in [0.2, 0.25) is 0 Å². The van der Waals surface area contributed by atoms with Gasteiger partial charge in [-0.25, -0.2) is 0 Å². The molecule has 2 aliphatic rings. The van der Waals surface area contributed by atoms with Crippen LogP contribution >= 0.6 is 0 Å². The normalized spacial score (nSPS) is 15.5. The molecule has 0 atom stereocenters. The van der Waals surface area contributed by atoms with E-state index < -0.39 is 4.92 Å². The van der Waals surface area contributed by atoms with Crippen LogP contribution in [-0.2, 0) is 11.2 Å². The lowest BCUT2D eigenvalue weighted by atomic mass is 9.97. The molecule has 0 spiro atoms. The molecule has 26 heavy (non-hydrogen) atoms. The molecule has 1 heterocycles. The van der Waals surface area contributed by atoms with Crippen molar-refractivity contribution in [3.8, 4) is 0 Å². The van der Waals surface area contributed by atoms with Crippen molar-refractivity contribution in [3.05, 3.63) is 68.4 Å². The number of hydrogen-bond acceptors (Lipinski definition) is 5. The van der Waals surface area contributed by atoms with E-state index in [9.17, 15) is 14.9 Å². The number of benzene rings is 1. The van der Waals surface area contributed by atoms with Crippen LogP contribution in [0.2, 0.25) is 0 Å². The highest BCUT2D eigenvalue weighted by Gasteiger charge is 2.30. The molecule has 3 rings (SSSR count). The average molecular weight is 352 g/mol. The number of aryl methyl sites for hydroxylation is 2. The van der Waals surface area contributed by atoms with E-state index in [4.69, 9.17) is 0 Å². The molecule has 1 aromatic carbocycles. The number of nitrogens with one attached hydrogen (secondary N) is 1. The highest BCUT2D eigenvalue weighted by atomic mass is 16.6. The van der Waals surface area contributed by atoms with Gasteiger partial charge in [-0.05, 0) is 49.5 Å². The Labute approximate surface area is 151 Å². The first-order valence-electron chi connectivity index (χ1n) is 8.52. The monoisotopic (exact) mass is 352 g/mol. The van der Waals surface area contributed by atoms with E-state index in [1.165, 1.54) is 28.8 Å². The average Bonchev–Trinajstić information content (AvgIpc) is 3.03. The molecular weight excluding hydrogens is 332 g/mol. The van der Waals surface area contributed by atoms with Gasteiger partial charge >= 0.3 is 0 Å². The maximum Gasteiger partial charge on any atom is 0.272 e. The summed E-state index contributed by atoms with van der Waals surface area (Å²) in [6.07, 6.45) is 4.84. The third-order valence-corrected chi connectivity index (χ3v) is 4.59. The molecule has 1 aliphatic carbocycles. The predicted molar refractivity (Wildman–Crippen MR) is 99.9 cm³/mol. The van der Waals surface area contributed by atoms with Gasteiger partial charge in [0.05, 0.1) is 10.6 Å². The van der Waals surface area contributed by atoms with Crippen LogP contribution in [0.3, 0.4) is 0 Å². The van der Waals surface area contributed by atoms with Gasteiger partial charge in [-0.2, -0.15) is 5.10 Å². The Bertz CT molecular complexity index is 874. The van der Waals surface area contributed by atoms with Crippen molar-refractivity contribution in [2.75, 3.05) is 6.54 Å². The van der Waals surface area contributed by atoms with Crippen molar-refractivity contribution in [2.45, 2.75) is 33.1 Å². The third-order valence-electron chi connectivity index (χ3n) is 4.59. The molecule has 0 saturated heterocycles. The number of hydrogen-bond donors (Lipinski definition) is 1. The largest absolute Gasteiger partial charge is 0.351 e. The fraction of sp³-hybridized carbons (Fsp3) is 0.316. The Balaban J connectivity index is 1.56. The first-order chi connectivity index (χ1) is 12.5. The van der Waals surface area contributed by atoms with Crippen LogP contribution in [-0.4, -0.2) is 28.8 Å². The molecule has 0 aromatic heterocycles. The Morgan fingerprint density at radius 1 is 1.27 bits per heavy atom. The Morgan fingerprint density at radius 2 is 2.00 bits per heavy atom. The fourth-order valence-electron chi connectivity index (χ4n) is 3.15. The lowest BCUT2D eigenvalue weighted by Gasteiger charge is -2.11. The molecule has 134 valence electrons. The summed E-state index contributed by atoms with van der Waals surface area (Å²) in [6.45, 7) is 4.68. The van der Waals surface area contributed by atoms with Gasteiger partial charge in [0.25, 0.3) is 11.6 Å². The molecule has 0 bridgehead atoms. The highest BCUT2D eigenvalue weighted by Crippen LogP contribution is 2.22. The lowest BCUT2D eigenvalue weighted by molar-refractivity contribution is -0.419. The van der Waals surface area contributed by atoms with E-state index >= 15 is 0 Å². The van der Waals surface area contributed by atoms with Crippen LogP contribution in [0.25, 0.3) is 0 Å². The molecule has 7 heteroatoms. The van der Waals surface area contributed by atoms with Gasteiger partial charge in [-0.15, -0.1) is 5.10 Å². The molecule has 1 N–H and O–H groups in total. The Kier molecular flexibility index (Phi) is 5.06. The first kappa shape index (κ1) is 17.7. The summed E-state index contributed by atoms with van der Waals surface area (Å²) in [6, 6.07) is 6.21. The Morgan fingerprint density at radius 3 is 2.69 bits per heavy atom. The van der Waals surface area contributed by atoms with E-state index in [1.807, 2.05) is 6.07 Å². The minimum absolute atomic E-state index is 0.0311. The predicted octanol–water partition coefficient (Wildman–Crippen LogP) is 2.65. The topological polar surface area (TPSA) is 97.0 Å². The van der Waals surface area contributed by atoms with Gasteiger partial charge < -0.3 is 5.32 Å². The number of nitrogens with zero attached hydrogens (tertiary/aromatic N) is 3. The molecule has 0 saturated carbocycles. The van der Waals surface area contributed by atoms with Gasteiger partial charge in [-0.3, -0.25) is 14.9 Å². The van der Waals surface area contributed by atoms with Gasteiger partial charge in [-0.1, -0.05) is 18.2 Å². The summed E-state index contributed by atoms with van der Waals surface area (Å²) in [5.41, 5.74) is 4.97. The number of fused-ring (bicyclic) bond motifs is 1. The first-order valence-corrected chi connectivity index (χ1v) is 8.52. The van der Waals surface area contributed by atoms with Crippen molar-refractivity contribution in [1.29, 1.82) is 0 Å². The molecule has 1 aromatic rings. The molecule has 7 nitrogen and oxygen atoms in total. The highest BCUT2D eigenvalue weighted by molar-refractivity contribution is 6.53. The number of amides is 1. The summed E-state index contributed by atoms with van der Waals surface area (Å²) < 4.78 is 0. The van der Waals surface area contributed by atoms with Crippen molar-refractivity contribution in [2.24, 2.45) is 10.2 Å². The third kappa shape index (κ3) is 3.61. The number of nitro groups is 1. The second-order valence-electron chi connectivity index (χ2n) is 6.37. The zero-order valence-corrected chi connectivity index (χ0v) is 14.8. The van der Waals surface area contributed by atoms with E-state index in [1.54, 1.807) is 0 Å². The number of carbonyl (C=O) groups is 1. The molecule has 1 amide bonds. The summed E-state index contributed by atoms with van der Waals surface area (Å²) in [5, 5.41) is 21.6. The van der Waals surface area contributed by atoms with Crippen LogP contribution < -0.4 is 5.32 Å². The summed E-state index contributed by atoms with van der Waals surface area (Å²) in [4.78, 5) is 22.8. The van der Waals surface area contributed by atoms with Crippen molar-refractivity contribution >= 4 is 17.3 Å². The summed E-state index contributed by atoms with van der Waals surface area (Å²) >= 11 is 0. The van der Waals surface area contributed by atoms with Crippen LogP contribution in [0.15, 0.2) is 51.8 Å². The second kappa shape index (κ2) is 7.43. The zero-order valence-electron chi connectivity index (χ0n) is 14.8. The fourth-order valence-corrected chi connectivity index (χ4v) is 3.15. The zero-order chi connectivity index (χ0) is 18.7. The molecule has 0 radical (unpaired) electrons. The van der Waals surface area contributed by atoms with Crippen LogP contribution in [0.5, 0.6) is 0 Å². The van der Waals surface area contributed by atoms with Crippen LogP contribution in [0.4, 0.5) is 0 Å². The van der Waals surface area contributed by atoms with Crippen molar-refractivity contribution in [3.63, 3.8) is 0 Å². The maximum absolute atomic E-state index is 12.4. The summed E-state index contributed by atoms with van der Waals surface area (Å²) in [5.74, 6) is -0.346. The lowest BCUT2D eigenvalue weighted by Crippen LogP contribution is -2.33. The maximum atomic E-state index is 12.4. The van der Waals surface area contributed by atoms with Crippen LogP contribution in [0, 0.1) is 24.0 Å². The van der Waals surface area contributed by atoms with E-state index in [0.29, 0.717) is 24.3 Å². The molecular formula is C19H20N4O3. The van der Waals surface area contributed by atoms with Crippen LogP contribution in [0.1, 0.15) is 29.5 Å². The molecule has 0 fully saturated rings. The second-order valence-corrected chi connectivity index (χ2v) is 6.37. The Hall–Kier alpha value is -3.09. The summed E-state index contributed by atoms with van der Waals surface area (Å²) in [7, 11) is 0. The number of rotatable bonds is 6.